The van der Waals surface area contributed by atoms with Crippen LogP contribution in [0, 0.1) is 0 Å². The molecule has 2 fully saturated rings. The van der Waals surface area contributed by atoms with E-state index < -0.39 is 122 Å². The zero-order chi connectivity index (χ0) is 46.9. The Hall–Kier alpha value is -5.68. The van der Waals surface area contributed by atoms with Crippen LogP contribution in [0.25, 0.3) is 0 Å². The number of imide groups is 2. The molecule has 3 N–H and O–H groups in total. The van der Waals surface area contributed by atoms with Gasteiger partial charge in [0, 0.05) is 34.3 Å². The molecule has 0 unspecified atom stereocenters. The zero-order valence-electron chi connectivity index (χ0n) is 36.6. The first kappa shape index (κ1) is 48.8. The molecule has 0 aromatic heterocycles. The molecule has 4 amide bonds. The van der Waals surface area contributed by atoms with Crippen LogP contribution in [-0.2, 0) is 57.1 Å². The van der Waals surface area contributed by atoms with Gasteiger partial charge in [-0.3, -0.25) is 38.4 Å². The number of hydrogen-bond donors (Lipinski definition) is 3. The average molecular weight is 911 g/mol. The number of carbonyl (C=O) groups is 8. The minimum absolute atomic E-state index is 0.0562. The quantitative estimate of drug-likeness (QED) is 0.0741. The van der Waals surface area contributed by atoms with Crippen LogP contribution < -0.4 is 10.9 Å². The van der Waals surface area contributed by atoms with Gasteiger partial charge in [-0.15, -0.1) is 0 Å². The maximum Gasteiger partial charge on any atom is 0.303 e. The molecule has 0 bridgehead atoms. The standard InChI is InChI=1S/C44H54N4O17/c1-6-7-8-9-10-15-20-58-43-33(45-47-39(54)27-16-11-12-17-28(27)40(47)55)38(63-26(5)53)36(61-24(3)51)32(65-43)22-59-44-34(46-48-41(56)29-18-13-14-19-30(29)42(48)57)37(62-25(4)52)35(60-23(2)50)31(21-49)64-44/h11-14,16-19,31-38,43-46,49H,6-10,15,20-22H2,1-5H3/t31-,32-,33-,34-,35-,36-,37-,38-,43-,44-/m1/s1. The molecule has 2 aromatic carbocycles. The Labute approximate surface area is 374 Å². The van der Waals surface area contributed by atoms with E-state index in [1.165, 1.54) is 24.3 Å². The van der Waals surface area contributed by atoms with Crippen LogP contribution >= 0.6 is 0 Å². The fourth-order valence-electron chi connectivity index (χ4n) is 8.16. The number of hydrogen-bond acceptors (Lipinski definition) is 19. The van der Waals surface area contributed by atoms with Gasteiger partial charge < -0.3 is 43.0 Å². The maximum atomic E-state index is 13.6. The smallest absolute Gasteiger partial charge is 0.303 e. The van der Waals surface area contributed by atoms with E-state index in [4.69, 9.17) is 37.9 Å². The van der Waals surface area contributed by atoms with Crippen LogP contribution in [0.1, 0.15) is 115 Å². The molecule has 352 valence electrons. The fraction of sp³-hybridized carbons (Fsp3) is 0.545. The molecule has 21 nitrogen and oxygen atoms in total. The van der Waals surface area contributed by atoms with Gasteiger partial charge >= 0.3 is 23.9 Å². The summed E-state index contributed by atoms with van der Waals surface area (Å²) >= 11 is 0. The van der Waals surface area contributed by atoms with Crippen molar-refractivity contribution in [1.82, 2.24) is 20.9 Å². The molecule has 21 heteroatoms. The second-order valence-corrected chi connectivity index (χ2v) is 15.8. The number of carbonyl (C=O) groups excluding carboxylic acids is 8. The molecular weight excluding hydrogens is 856 g/mol. The van der Waals surface area contributed by atoms with Crippen LogP contribution in [0.4, 0.5) is 0 Å². The van der Waals surface area contributed by atoms with E-state index in [9.17, 15) is 43.5 Å². The lowest BCUT2D eigenvalue weighted by Crippen LogP contribution is -2.70. The van der Waals surface area contributed by atoms with Gasteiger partial charge in [-0.05, 0) is 30.7 Å². The van der Waals surface area contributed by atoms with Crippen LogP contribution in [0.15, 0.2) is 48.5 Å². The first-order valence-electron chi connectivity index (χ1n) is 21.5. The molecule has 2 saturated heterocycles. The van der Waals surface area contributed by atoms with Crippen molar-refractivity contribution in [3.8, 4) is 0 Å². The Morgan fingerprint density at radius 1 is 0.554 bits per heavy atom. The van der Waals surface area contributed by atoms with Gasteiger partial charge in [0.2, 0.25) is 0 Å². The molecule has 4 aliphatic rings. The topological polar surface area (TPSA) is 261 Å². The Kier molecular flexibility index (Phi) is 16.5. The number of ether oxygens (including phenoxy) is 8. The second-order valence-electron chi connectivity index (χ2n) is 15.8. The molecule has 4 heterocycles. The number of benzene rings is 2. The Morgan fingerprint density at radius 2 is 0.923 bits per heavy atom. The number of nitrogens with one attached hydrogen (secondary N) is 2. The Morgan fingerprint density at radius 3 is 1.34 bits per heavy atom. The highest BCUT2D eigenvalue weighted by Crippen LogP contribution is 2.33. The lowest BCUT2D eigenvalue weighted by atomic mass is 9.95. The summed E-state index contributed by atoms with van der Waals surface area (Å²) in [4.78, 5) is 105. The number of hydrazine groups is 2. The normalized spacial score (nSPS) is 27.3. The van der Waals surface area contributed by atoms with Gasteiger partial charge in [0.15, 0.2) is 37.0 Å². The van der Waals surface area contributed by atoms with Crippen molar-refractivity contribution in [3.05, 3.63) is 70.8 Å². The number of aliphatic hydroxyl groups excluding tert-OH is 1. The average Bonchev–Trinajstić information content (AvgIpc) is 3.65. The van der Waals surface area contributed by atoms with Gasteiger partial charge in [0.1, 0.15) is 24.3 Å². The summed E-state index contributed by atoms with van der Waals surface area (Å²) in [6.07, 6.45) is -6.67. The van der Waals surface area contributed by atoms with Crippen molar-refractivity contribution in [2.45, 2.75) is 134 Å². The molecule has 0 spiro atoms. The second kappa shape index (κ2) is 22.0. The Bertz CT molecular complexity index is 2050. The van der Waals surface area contributed by atoms with E-state index in [0.29, 0.717) is 11.4 Å². The summed E-state index contributed by atoms with van der Waals surface area (Å²) in [6.45, 7) is 5.11. The van der Waals surface area contributed by atoms with E-state index >= 15 is 0 Å². The summed E-state index contributed by atoms with van der Waals surface area (Å²) in [5.41, 5.74) is 5.92. The Balaban J connectivity index is 1.34. The lowest BCUT2D eigenvalue weighted by molar-refractivity contribution is -0.311. The predicted molar refractivity (Wildman–Crippen MR) is 220 cm³/mol. The number of unbranched alkanes of at least 4 members (excludes halogenated alkanes) is 5. The van der Waals surface area contributed by atoms with E-state index in [0.717, 1.165) is 64.8 Å². The van der Waals surface area contributed by atoms with Crippen LogP contribution in [0.3, 0.4) is 0 Å². The van der Waals surface area contributed by atoms with Gasteiger partial charge in [-0.2, -0.15) is 0 Å². The number of nitrogens with zero attached hydrogens (tertiary/aromatic N) is 2. The largest absolute Gasteiger partial charge is 0.457 e. The zero-order valence-corrected chi connectivity index (χ0v) is 36.6. The van der Waals surface area contributed by atoms with Crippen molar-refractivity contribution in [1.29, 1.82) is 0 Å². The minimum Gasteiger partial charge on any atom is -0.457 e. The molecule has 65 heavy (non-hydrogen) atoms. The molecule has 0 aliphatic carbocycles. The molecule has 6 rings (SSSR count). The minimum atomic E-state index is -1.68. The highest BCUT2D eigenvalue weighted by molar-refractivity contribution is 6.21. The van der Waals surface area contributed by atoms with Crippen molar-refractivity contribution in [2.24, 2.45) is 0 Å². The van der Waals surface area contributed by atoms with E-state index in [-0.39, 0.29) is 28.9 Å². The number of fused-ring (bicyclic) bond motifs is 2. The molecule has 2 aromatic rings. The predicted octanol–water partition coefficient (Wildman–Crippen LogP) is 1.89. The molecule has 10 atom stereocenters. The van der Waals surface area contributed by atoms with E-state index in [2.05, 4.69) is 17.8 Å². The SMILES string of the molecule is CCCCCCCCO[C@@H]1O[C@H](CO[C@@H]2O[C@H](CO)[C@@H](OC(C)=O)[C@H](OC(C)=O)[C@H]2NN2C(=O)c3ccccc3C2=O)[C@@H](OC(C)=O)[C@H](OC(C)=O)[C@H]1NN1C(=O)c2ccccc2C1=O. The molecule has 0 radical (unpaired) electrons. The van der Waals surface area contributed by atoms with E-state index in [1.807, 2.05) is 0 Å². The highest BCUT2D eigenvalue weighted by Gasteiger charge is 2.56. The summed E-state index contributed by atoms with van der Waals surface area (Å²) in [7, 11) is 0. The van der Waals surface area contributed by atoms with Crippen LogP contribution in [0.5, 0.6) is 0 Å². The third-order valence-corrected chi connectivity index (χ3v) is 11.0. The summed E-state index contributed by atoms with van der Waals surface area (Å²) in [6, 6.07) is 9.22. The summed E-state index contributed by atoms with van der Waals surface area (Å²) in [5, 5.41) is 11.9. The van der Waals surface area contributed by atoms with Crippen molar-refractivity contribution >= 4 is 47.5 Å². The maximum absolute atomic E-state index is 13.6. The number of amides is 4. The van der Waals surface area contributed by atoms with Gasteiger partial charge in [-0.25, -0.2) is 20.9 Å². The lowest BCUT2D eigenvalue weighted by Gasteiger charge is -2.47. The van der Waals surface area contributed by atoms with Crippen molar-refractivity contribution < 1.29 is 81.4 Å². The van der Waals surface area contributed by atoms with E-state index in [1.54, 1.807) is 24.3 Å². The van der Waals surface area contributed by atoms with Gasteiger partial charge in [-0.1, -0.05) is 63.3 Å². The summed E-state index contributed by atoms with van der Waals surface area (Å²) in [5.74, 6) is -6.41. The molecular formula is C44H54N4O17. The highest BCUT2D eigenvalue weighted by atomic mass is 16.7. The fourth-order valence-corrected chi connectivity index (χ4v) is 8.16. The van der Waals surface area contributed by atoms with Crippen LogP contribution in [-0.4, -0.2) is 144 Å². The summed E-state index contributed by atoms with van der Waals surface area (Å²) < 4.78 is 47.8. The first-order valence-corrected chi connectivity index (χ1v) is 21.5. The van der Waals surface area contributed by atoms with Crippen molar-refractivity contribution in [3.63, 3.8) is 0 Å². The van der Waals surface area contributed by atoms with Gasteiger partial charge in [0.05, 0.1) is 35.5 Å². The van der Waals surface area contributed by atoms with Gasteiger partial charge in [0.25, 0.3) is 23.6 Å². The first-order chi connectivity index (χ1) is 31.1. The molecule has 4 aliphatic heterocycles. The van der Waals surface area contributed by atoms with Crippen molar-refractivity contribution in [2.75, 3.05) is 19.8 Å². The third kappa shape index (κ3) is 11.2. The van der Waals surface area contributed by atoms with Crippen LogP contribution in [0.2, 0.25) is 0 Å². The molecule has 0 saturated carbocycles. The third-order valence-electron chi connectivity index (χ3n) is 11.0. The number of esters is 4. The number of aliphatic hydroxyl groups is 1. The number of rotatable bonds is 20. The monoisotopic (exact) mass is 910 g/mol.